The van der Waals surface area contributed by atoms with Gasteiger partial charge in [0.2, 0.25) is 10.0 Å². The Bertz CT molecular complexity index is 321. The zero-order valence-corrected chi connectivity index (χ0v) is 12.6. The molecule has 0 atom stereocenters. The molecular formula is C10H21F3N2O2S2. The Balaban J connectivity index is 3.58. The summed E-state index contributed by atoms with van der Waals surface area (Å²) >= 11 is -0.225. The molecule has 0 fully saturated rings. The highest BCUT2D eigenvalue weighted by molar-refractivity contribution is 8.00. The number of halogens is 3. The third kappa shape index (κ3) is 14.2. The van der Waals surface area contributed by atoms with Crippen LogP contribution < -0.4 is 10.0 Å². The average Bonchev–Trinajstić information content (AvgIpc) is 2.28. The van der Waals surface area contributed by atoms with Gasteiger partial charge in [-0.3, -0.25) is 0 Å². The fourth-order valence-electron chi connectivity index (χ4n) is 1.28. The van der Waals surface area contributed by atoms with Crippen molar-refractivity contribution in [3.8, 4) is 0 Å². The number of hydrogen-bond acceptors (Lipinski definition) is 4. The van der Waals surface area contributed by atoms with E-state index in [1.807, 2.05) is 6.92 Å². The van der Waals surface area contributed by atoms with Gasteiger partial charge in [0.15, 0.2) is 0 Å². The summed E-state index contributed by atoms with van der Waals surface area (Å²) in [5.74, 6) is -0.349. The van der Waals surface area contributed by atoms with Gasteiger partial charge in [0.05, 0.1) is 5.75 Å². The van der Waals surface area contributed by atoms with Crippen molar-refractivity contribution in [1.82, 2.24) is 10.0 Å². The number of sulfonamides is 1. The second-order valence-electron chi connectivity index (χ2n) is 3.96. The molecule has 0 heterocycles. The summed E-state index contributed by atoms with van der Waals surface area (Å²) in [5, 5.41) is 3.15. The molecule has 0 bridgehead atoms. The molecule has 9 heteroatoms. The fourth-order valence-corrected chi connectivity index (χ4v) is 2.99. The van der Waals surface area contributed by atoms with Crippen LogP contribution in [0.1, 0.15) is 26.2 Å². The minimum atomic E-state index is -4.31. The van der Waals surface area contributed by atoms with Crippen molar-refractivity contribution < 1.29 is 21.6 Å². The Morgan fingerprint density at radius 2 is 1.79 bits per heavy atom. The van der Waals surface area contributed by atoms with E-state index in [0.29, 0.717) is 6.42 Å². The van der Waals surface area contributed by atoms with Crippen LogP contribution in [0.4, 0.5) is 13.2 Å². The van der Waals surface area contributed by atoms with Crippen LogP contribution in [0.3, 0.4) is 0 Å². The number of nitrogens with one attached hydrogen (secondary N) is 2. The molecule has 0 radical (unpaired) electrons. The van der Waals surface area contributed by atoms with Crippen molar-refractivity contribution in [1.29, 1.82) is 0 Å². The number of unbranched alkanes of at least 4 members (excludes halogenated alkanes) is 1. The third-order valence-corrected chi connectivity index (χ3v) is 4.34. The van der Waals surface area contributed by atoms with Gasteiger partial charge in [-0.05, 0) is 44.1 Å². The van der Waals surface area contributed by atoms with Crippen molar-refractivity contribution in [2.24, 2.45) is 0 Å². The molecule has 0 aliphatic carbocycles. The molecule has 0 saturated heterocycles. The van der Waals surface area contributed by atoms with Gasteiger partial charge in [0.25, 0.3) is 0 Å². The molecule has 0 unspecified atom stereocenters. The maximum Gasteiger partial charge on any atom is 0.441 e. The predicted octanol–water partition coefficient (Wildman–Crippen LogP) is 1.94. The molecule has 116 valence electrons. The summed E-state index contributed by atoms with van der Waals surface area (Å²) in [4.78, 5) is 0. The van der Waals surface area contributed by atoms with E-state index in [1.54, 1.807) is 0 Å². The lowest BCUT2D eigenvalue weighted by Gasteiger charge is -2.08. The summed E-state index contributed by atoms with van der Waals surface area (Å²) in [6.45, 7) is 3.51. The minimum Gasteiger partial charge on any atom is -0.317 e. The molecule has 0 spiro atoms. The number of hydrogen-bond donors (Lipinski definition) is 2. The van der Waals surface area contributed by atoms with Crippen LogP contribution in [0.25, 0.3) is 0 Å². The lowest BCUT2D eigenvalue weighted by atomic mass is 10.3. The van der Waals surface area contributed by atoms with E-state index in [4.69, 9.17) is 0 Å². The summed E-state index contributed by atoms with van der Waals surface area (Å²) in [6, 6.07) is 0. The van der Waals surface area contributed by atoms with Crippen LogP contribution in [0, 0.1) is 0 Å². The van der Waals surface area contributed by atoms with Crippen LogP contribution >= 0.6 is 11.8 Å². The average molecular weight is 322 g/mol. The molecule has 0 aromatic carbocycles. The van der Waals surface area contributed by atoms with Gasteiger partial charge in [-0.25, -0.2) is 13.1 Å². The molecule has 0 rings (SSSR count). The Labute approximate surface area is 117 Å². The molecule has 0 aliphatic heterocycles. The molecule has 2 N–H and O–H groups in total. The molecule has 19 heavy (non-hydrogen) atoms. The maximum absolute atomic E-state index is 11.8. The Morgan fingerprint density at radius 3 is 2.37 bits per heavy atom. The molecule has 0 aliphatic rings. The van der Waals surface area contributed by atoms with Crippen molar-refractivity contribution >= 4 is 21.8 Å². The first kappa shape index (κ1) is 19.0. The zero-order chi connectivity index (χ0) is 14.8. The number of alkyl halides is 3. The molecule has 0 aromatic rings. The third-order valence-electron chi connectivity index (χ3n) is 2.13. The normalized spacial score (nSPS) is 12.8. The molecule has 0 amide bonds. The monoisotopic (exact) mass is 322 g/mol. The standard InChI is InChI=1S/C10H21F3N2O2S2/c1-2-5-14-6-3-4-9-19(16,17)15-7-8-18-10(11,12)13/h14-15H,2-9H2,1H3. The van der Waals surface area contributed by atoms with Crippen molar-refractivity contribution in [3.63, 3.8) is 0 Å². The number of thioether (sulfide) groups is 1. The van der Waals surface area contributed by atoms with Crippen molar-refractivity contribution in [2.75, 3.05) is 31.1 Å². The van der Waals surface area contributed by atoms with Crippen molar-refractivity contribution in [2.45, 2.75) is 31.7 Å². The van der Waals surface area contributed by atoms with E-state index in [-0.39, 0.29) is 29.8 Å². The smallest absolute Gasteiger partial charge is 0.317 e. The summed E-state index contributed by atoms with van der Waals surface area (Å²) in [5.41, 5.74) is -4.31. The van der Waals surface area contributed by atoms with Gasteiger partial charge in [0, 0.05) is 12.3 Å². The van der Waals surface area contributed by atoms with E-state index in [0.717, 1.165) is 25.9 Å². The highest BCUT2D eigenvalue weighted by Crippen LogP contribution is 2.29. The number of rotatable bonds is 11. The second kappa shape index (κ2) is 9.84. The second-order valence-corrected chi connectivity index (χ2v) is 7.05. The quantitative estimate of drug-likeness (QED) is 0.571. The Morgan fingerprint density at radius 1 is 1.11 bits per heavy atom. The van der Waals surface area contributed by atoms with E-state index in [9.17, 15) is 21.6 Å². The largest absolute Gasteiger partial charge is 0.441 e. The molecule has 0 saturated carbocycles. The summed E-state index contributed by atoms with van der Waals surface area (Å²) < 4.78 is 60.4. The van der Waals surface area contributed by atoms with Crippen LogP contribution in [0.2, 0.25) is 0 Å². The Hall–Kier alpha value is 0.01000. The van der Waals surface area contributed by atoms with Crippen LogP contribution in [0.5, 0.6) is 0 Å². The van der Waals surface area contributed by atoms with E-state index < -0.39 is 15.5 Å². The van der Waals surface area contributed by atoms with Crippen LogP contribution in [-0.2, 0) is 10.0 Å². The fraction of sp³-hybridized carbons (Fsp3) is 1.00. The van der Waals surface area contributed by atoms with Crippen LogP contribution in [-0.4, -0.2) is 45.1 Å². The van der Waals surface area contributed by atoms with Gasteiger partial charge in [-0.2, -0.15) is 13.2 Å². The lowest BCUT2D eigenvalue weighted by molar-refractivity contribution is -0.0327. The van der Waals surface area contributed by atoms with Gasteiger partial charge in [0.1, 0.15) is 0 Å². The topological polar surface area (TPSA) is 58.2 Å². The first-order valence-corrected chi connectivity index (χ1v) is 8.79. The zero-order valence-electron chi connectivity index (χ0n) is 10.9. The molecule has 0 aromatic heterocycles. The van der Waals surface area contributed by atoms with Gasteiger partial charge in [-0.15, -0.1) is 0 Å². The maximum atomic E-state index is 11.8. The summed E-state index contributed by atoms with van der Waals surface area (Å²) in [6.07, 6.45) is 2.26. The SMILES string of the molecule is CCCNCCCCS(=O)(=O)NCCSC(F)(F)F. The lowest BCUT2D eigenvalue weighted by Crippen LogP contribution is -2.29. The van der Waals surface area contributed by atoms with E-state index >= 15 is 0 Å². The highest BCUT2D eigenvalue weighted by Gasteiger charge is 2.27. The van der Waals surface area contributed by atoms with Crippen LogP contribution in [0.15, 0.2) is 0 Å². The van der Waals surface area contributed by atoms with Gasteiger partial charge < -0.3 is 5.32 Å². The van der Waals surface area contributed by atoms with E-state index in [2.05, 4.69) is 10.0 Å². The first-order chi connectivity index (χ1) is 8.77. The van der Waals surface area contributed by atoms with E-state index in [1.165, 1.54) is 0 Å². The minimum absolute atomic E-state index is 0.0442. The Kier molecular flexibility index (Phi) is 9.85. The predicted molar refractivity (Wildman–Crippen MR) is 72.7 cm³/mol. The summed E-state index contributed by atoms with van der Waals surface area (Å²) in [7, 11) is -3.45. The first-order valence-electron chi connectivity index (χ1n) is 6.15. The van der Waals surface area contributed by atoms with Crippen molar-refractivity contribution in [3.05, 3.63) is 0 Å². The van der Waals surface area contributed by atoms with Gasteiger partial charge >= 0.3 is 5.51 Å². The molecular weight excluding hydrogens is 301 g/mol. The van der Waals surface area contributed by atoms with Gasteiger partial charge in [-0.1, -0.05) is 6.92 Å². The molecule has 4 nitrogen and oxygen atoms in total. The highest BCUT2D eigenvalue weighted by atomic mass is 32.2.